The first-order chi connectivity index (χ1) is 9.49. The number of halogens is 1. The Morgan fingerprint density at radius 2 is 2.20 bits per heavy atom. The monoisotopic (exact) mass is 307 g/mol. The lowest BCUT2D eigenvalue weighted by Gasteiger charge is -2.28. The average Bonchev–Trinajstić information content (AvgIpc) is 2.90. The molecule has 0 saturated heterocycles. The maximum atomic E-state index is 7.70. The molecule has 2 aromatic rings. The molecule has 1 aromatic heterocycles. The summed E-state index contributed by atoms with van der Waals surface area (Å²) in [6.07, 6.45) is 0.966. The molecule has 3 nitrogen and oxygen atoms in total. The van der Waals surface area contributed by atoms with Crippen LogP contribution in [0, 0.1) is 5.41 Å². The van der Waals surface area contributed by atoms with E-state index in [-0.39, 0.29) is 5.84 Å². The fraction of sp³-hybridized carbons (Fsp3) is 0.267. The summed E-state index contributed by atoms with van der Waals surface area (Å²) in [5, 5.41) is 10.4. The van der Waals surface area contributed by atoms with Crippen LogP contribution in [0.25, 0.3) is 0 Å². The molecular weight excluding hydrogens is 290 g/mol. The number of nitrogen functional groups attached to an aromatic ring is 1. The van der Waals surface area contributed by atoms with Crippen LogP contribution in [-0.2, 0) is 6.42 Å². The molecule has 1 atom stereocenters. The molecule has 0 saturated carbocycles. The highest BCUT2D eigenvalue weighted by Gasteiger charge is 2.16. The summed E-state index contributed by atoms with van der Waals surface area (Å²) >= 11 is 7.75. The summed E-state index contributed by atoms with van der Waals surface area (Å²) < 4.78 is 0. The number of anilines is 1. The van der Waals surface area contributed by atoms with Crippen LogP contribution in [0.1, 0.15) is 17.4 Å². The van der Waals surface area contributed by atoms with Crippen LogP contribution in [0.15, 0.2) is 35.7 Å². The third-order valence-electron chi connectivity index (χ3n) is 3.37. The lowest BCUT2D eigenvalue weighted by Crippen LogP contribution is -2.32. The highest BCUT2D eigenvalue weighted by Crippen LogP contribution is 2.26. The molecule has 0 aliphatic carbocycles. The molecule has 0 bridgehead atoms. The van der Waals surface area contributed by atoms with E-state index in [4.69, 9.17) is 22.7 Å². The zero-order chi connectivity index (χ0) is 14.7. The second-order valence-electron chi connectivity index (χ2n) is 4.82. The van der Waals surface area contributed by atoms with Gasteiger partial charge in [-0.1, -0.05) is 17.7 Å². The lowest BCUT2D eigenvalue weighted by molar-refractivity contribution is 0.688. The molecule has 2 rings (SSSR count). The Morgan fingerprint density at radius 3 is 2.80 bits per heavy atom. The van der Waals surface area contributed by atoms with Crippen LogP contribution >= 0.6 is 22.9 Å². The molecule has 1 heterocycles. The van der Waals surface area contributed by atoms with Crippen molar-refractivity contribution in [2.75, 3.05) is 11.9 Å². The van der Waals surface area contributed by atoms with Crippen LogP contribution in [0.4, 0.5) is 5.69 Å². The molecule has 3 N–H and O–H groups in total. The summed E-state index contributed by atoms with van der Waals surface area (Å²) in [4.78, 5) is 3.50. The highest BCUT2D eigenvalue weighted by molar-refractivity contribution is 7.09. The van der Waals surface area contributed by atoms with Gasteiger partial charge in [0.2, 0.25) is 0 Å². The second kappa shape index (κ2) is 6.29. The quantitative estimate of drug-likeness (QED) is 0.653. The first kappa shape index (κ1) is 14.9. The number of rotatable bonds is 5. The number of nitrogens with zero attached hydrogens (tertiary/aromatic N) is 1. The van der Waals surface area contributed by atoms with Crippen LogP contribution in [0.5, 0.6) is 0 Å². The highest BCUT2D eigenvalue weighted by atomic mass is 35.5. The Kier molecular flexibility index (Phi) is 4.68. The van der Waals surface area contributed by atoms with Crippen LogP contribution < -0.4 is 10.6 Å². The molecule has 1 unspecified atom stereocenters. The van der Waals surface area contributed by atoms with Crippen molar-refractivity contribution in [3.05, 3.63) is 51.2 Å². The lowest BCUT2D eigenvalue weighted by atomic mass is 10.1. The van der Waals surface area contributed by atoms with Crippen molar-refractivity contribution in [2.24, 2.45) is 5.73 Å². The Balaban J connectivity index is 2.24. The maximum Gasteiger partial charge on any atom is 0.124 e. The molecule has 0 amide bonds. The van der Waals surface area contributed by atoms with Gasteiger partial charge >= 0.3 is 0 Å². The Bertz CT molecular complexity index is 595. The van der Waals surface area contributed by atoms with Gasteiger partial charge < -0.3 is 10.6 Å². The van der Waals surface area contributed by atoms with Gasteiger partial charge in [-0.3, -0.25) is 5.41 Å². The summed E-state index contributed by atoms with van der Waals surface area (Å²) in [5.41, 5.74) is 7.27. The molecule has 0 aliphatic rings. The average molecular weight is 308 g/mol. The summed E-state index contributed by atoms with van der Waals surface area (Å²) in [6, 6.07) is 10.0. The van der Waals surface area contributed by atoms with E-state index < -0.39 is 0 Å². The Morgan fingerprint density at radius 1 is 1.45 bits per heavy atom. The predicted molar refractivity (Wildman–Crippen MR) is 88.4 cm³/mol. The minimum atomic E-state index is 0.0395. The summed E-state index contributed by atoms with van der Waals surface area (Å²) in [6.45, 7) is 2.16. The van der Waals surface area contributed by atoms with Gasteiger partial charge in [0.15, 0.2) is 0 Å². The third-order valence-corrected chi connectivity index (χ3v) is 4.50. The van der Waals surface area contributed by atoms with E-state index in [2.05, 4.69) is 29.3 Å². The van der Waals surface area contributed by atoms with Crippen molar-refractivity contribution in [2.45, 2.75) is 19.4 Å². The molecular formula is C15H18ClN3S. The van der Waals surface area contributed by atoms with Gasteiger partial charge in [0, 0.05) is 40.7 Å². The van der Waals surface area contributed by atoms with E-state index in [1.165, 1.54) is 4.88 Å². The normalized spacial score (nSPS) is 12.2. The molecule has 106 valence electrons. The first-order valence-electron chi connectivity index (χ1n) is 6.38. The van der Waals surface area contributed by atoms with Crippen molar-refractivity contribution >= 4 is 34.5 Å². The largest absolute Gasteiger partial charge is 0.384 e. The first-order valence-corrected chi connectivity index (χ1v) is 7.64. The Labute approximate surface area is 128 Å². The number of hydrogen-bond donors (Lipinski definition) is 2. The zero-order valence-corrected chi connectivity index (χ0v) is 13.1. The van der Waals surface area contributed by atoms with Crippen molar-refractivity contribution < 1.29 is 0 Å². The van der Waals surface area contributed by atoms with Crippen molar-refractivity contribution in [3.8, 4) is 0 Å². The van der Waals surface area contributed by atoms with E-state index in [1.807, 2.05) is 19.2 Å². The third kappa shape index (κ3) is 3.32. The smallest absolute Gasteiger partial charge is 0.124 e. The van der Waals surface area contributed by atoms with Gasteiger partial charge in [0.25, 0.3) is 0 Å². The number of amidine groups is 1. The van der Waals surface area contributed by atoms with Gasteiger partial charge in [0.1, 0.15) is 5.84 Å². The zero-order valence-electron chi connectivity index (χ0n) is 11.6. The van der Waals surface area contributed by atoms with Crippen LogP contribution in [-0.4, -0.2) is 18.9 Å². The van der Waals surface area contributed by atoms with Crippen molar-refractivity contribution in [1.82, 2.24) is 0 Å². The van der Waals surface area contributed by atoms with E-state index >= 15 is 0 Å². The van der Waals surface area contributed by atoms with Gasteiger partial charge in [-0.15, -0.1) is 11.3 Å². The minimum Gasteiger partial charge on any atom is -0.384 e. The summed E-state index contributed by atoms with van der Waals surface area (Å²) in [5.74, 6) is 0.0395. The number of nitrogens with one attached hydrogen (secondary N) is 1. The van der Waals surface area contributed by atoms with E-state index in [1.54, 1.807) is 17.4 Å². The summed E-state index contributed by atoms with van der Waals surface area (Å²) in [7, 11) is 2.02. The standard InChI is InChI=1S/C15H18ClN3S/c1-10(8-12-4-3-7-20-12)19(2)14-6-5-11(16)9-13(14)15(17)18/h3-7,9-10H,8H2,1-2H3,(H3,17,18). The second-order valence-corrected chi connectivity index (χ2v) is 6.29. The van der Waals surface area contributed by atoms with Crippen LogP contribution in [0.3, 0.4) is 0 Å². The number of likely N-dealkylation sites (N-methyl/N-ethyl adjacent to an activating group) is 1. The Hall–Kier alpha value is -1.52. The van der Waals surface area contributed by atoms with Crippen LogP contribution in [0.2, 0.25) is 5.02 Å². The fourth-order valence-corrected chi connectivity index (χ4v) is 3.12. The van der Waals surface area contributed by atoms with Gasteiger partial charge in [-0.25, -0.2) is 0 Å². The number of benzene rings is 1. The molecule has 20 heavy (non-hydrogen) atoms. The minimum absolute atomic E-state index is 0.0395. The number of thiophene rings is 1. The molecule has 0 spiro atoms. The molecule has 5 heteroatoms. The van der Waals surface area contributed by atoms with Gasteiger partial charge in [0.05, 0.1) is 0 Å². The molecule has 0 aliphatic heterocycles. The van der Waals surface area contributed by atoms with E-state index in [0.717, 1.165) is 12.1 Å². The van der Waals surface area contributed by atoms with E-state index in [9.17, 15) is 0 Å². The predicted octanol–water partition coefficient (Wildman–Crippen LogP) is 3.75. The fourth-order valence-electron chi connectivity index (χ4n) is 2.13. The molecule has 1 aromatic carbocycles. The number of nitrogens with two attached hydrogens (primary N) is 1. The van der Waals surface area contributed by atoms with Gasteiger partial charge in [-0.05, 0) is 36.6 Å². The van der Waals surface area contributed by atoms with E-state index in [0.29, 0.717) is 16.6 Å². The van der Waals surface area contributed by atoms with Gasteiger partial charge in [-0.2, -0.15) is 0 Å². The molecule has 0 fully saturated rings. The SMILES string of the molecule is CC(Cc1cccs1)N(C)c1ccc(Cl)cc1C(=N)N. The molecule has 0 radical (unpaired) electrons. The van der Waals surface area contributed by atoms with Crippen molar-refractivity contribution in [1.29, 1.82) is 5.41 Å². The topological polar surface area (TPSA) is 53.1 Å². The van der Waals surface area contributed by atoms with Crippen molar-refractivity contribution in [3.63, 3.8) is 0 Å². The maximum absolute atomic E-state index is 7.70. The number of hydrogen-bond acceptors (Lipinski definition) is 3.